The van der Waals surface area contributed by atoms with Crippen molar-refractivity contribution in [2.75, 3.05) is 18.5 Å². The number of hydrogen-bond donors (Lipinski definition) is 1. The third-order valence-electron chi connectivity index (χ3n) is 2.82. The molecule has 7 heteroatoms. The number of carbonyl (C=O) groups is 2. The predicted molar refractivity (Wildman–Crippen MR) is 81.9 cm³/mol. The molecule has 0 atom stereocenters. The fourth-order valence-electron chi connectivity index (χ4n) is 1.76. The normalized spacial score (nSPS) is 9.96. The van der Waals surface area contributed by atoms with Crippen LogP contribution in [0.5, 0.6) is 5.75 Å². The largest absolute Gasteiger partial charge is 0.619 e. The summed E-state index contributed by atoms with van der Waals surface area (Å²) in [5.74, 6) is -0.429. The van der Waals surface area contributed by atoms with Gasteiger partial charge in [-0.3, -0.25) is 4.79 Å². The molecule has 1 aromatic carbocycles. The van der Waals surface area contributed by atoms with E-state index in [1.54, 1.807) is 24.3 Å². The second-order valence-corrected chi connectivity index (χ2v) is 4.53. The van der Waals surface area contributed by atoms with Crippen molar-refractivity contribution in [1.82, 2.24) is 0 Å². The number of ether oxygens (including phenoxy) is 2. The molecule has 0 bridgehead atoms. The van der Waals surface area contributed by atoms with Crippen LogP contribution in [0.25, 0.3) is 0 Å². The number of nitrogens with one attached hydrogen (secondary N) is 1. The minimum Gasteiger partial charge on any atom is -0.619 e. The van der Waals surface area contributed by atoms with Gasteiger partial charge in [-0.15, -0.1) is 0 Å². The Labute approximate surface area is 133 Å². The number of hydrogen-bond acceptors (Lipinski definition) is 5. The molecule has 23 heavy (non-hydrogen) atoms. The minimum atomic E-state index is -0.674. The van der Waals surface area contributed by atoms with Gasteiger partial charge >= 0.3 is 5.97 Å². The number of carbonyl (C=O) groups excluding carboxylic acids is 2. The van der Waals surface area contributed by atoms with Crippen LogP contribution < -0.4 is 14.8 Å². The van der Waals surface area contributed by atoms with Gasteiger partial charge in [0, 0.05) is 17.8 Å². The summed E-state index contributed by atoms with van der Waals surface area (Å²) >= 11 is 0. The highest BCUT2D eigenvalue weighted by atomic mass is 16.5. The van der Waals surface area contributed by atoms with Crippen molar-refractivity contribution in [3.63, 3.8) is 0 Å². The molecule has 2 rings (SSSR count). The van der Waals surface area contributed by atoms with Crippen LogP contribution in [0.3, 0.4) is 0 Å². The molecule has 0 unspecified atom stereocenters. The Morgan fingerprint density at radius 2 is 1.78 bits per heavy atom. The maximum Gasteiger partial charge on any atom is 0.339 e. The van der Waals surface area contributed by atoms with Gasteiger partial charge in [0.15, 0.2) is 19.0 Å². The summed E-state index contributed by atoms with van der Waals surface area (Å²) in [6, 6.07) is 9.48. The Kier molecular flexibility index (Phi) is 5.51. The zero-order chi connectivity index (χ0) is 16.7. The molecule has 120 valence electrons. The second kappa shape index (κ2) is 7.79. The van der Waals surface area contributed by atoms with Crippen LogP contribution in [0, 0.1) is 5.21 Å². The van der Waals surface area contributed by atoms with Crippen LogP contribution in [-0.4, -0.2) is 25.1 Å². The molecule has 0 radical (unpaired) electrons. The fourth-order valence-corrected chi connectivity index (χ4v) is 1.76. The summed E-state index contributed by atoms with van der Waals surface area (Å²) in [5.41, 5.74) is 0.771. The van der Waals surface area contributed by atoms with Crippen molar-refractivity contribution < 1.29 is 23.8 Å². The number of nitrogens with zero attached hydrogens (tertiary/aromatic N) is 1. The van der Waals surface area contributed by atoms with E-state index in [0.29, 0.717) is 22.8 Å². The number of amides is 1. The molecule has 0 saturated heterocycles. The molecule has 0 spiro atoms. The number of esters is 1. The van der Waals surface area contributed by atoms with E-state index in [4.69, 9.17) is 9.47 Å². The summed E-state index contributed by atoms with van der Waals surface area (Å²) < 4.78 is 10.7. The number of pyridine rings is 1. The topological polar surface area (TPSA) is 91.6 Å². The Bertz CT molecular complexity index is 668. The number of benzene rings is 1. The van der Waals surface area contributed by atoms with Crippen molar-refractivity contribution in [2.24, 2.45) is 0 Å². The minimum absolute atomic E-state index is 0.200. The molecule has 1 amide bonds. The first kappa shape index (κ1) is 16.3. The lowest BCUT2D eigenvalue weighted by atomic mass is 10.3. The van der Waals surface area contributed by atoms with Gasteiger partial charge < -0.3 is 20.0 Å². The van der Waals surface area contributed by atoms with Crippen molar-refractivity contribution in [3.8, 4) is 5.75 Å². The Morgan fingerprint density at radius 3 is 2.39 bits per heavy atom. The highest BCUT2D eigenvalue weighted by molar-refractivity contribution is 5.95. The van der Waals surface area contributed by atoms with E-state index in [-0.39, 0.29) is 5.56 Å². The smallest absolute Gasteiger partial charge is 0.339 e. The molecule has 1 heterocycles. The van der Waals surface area contributed by atoms with Crippen molar-refractivity contribution in [3.05, 3.63) is 59.6 Å². The lowest BCUT2D eigenvalue weighted by Crippen LogP contribution is -2.25. The van der Waals surface area contributed by atoms with E-state index in [2.05, 4.69) is 5.32 Å². The molecule has 0 saturated carbocycles. The predicted octanol–water partition coefficient (Wildman–Crippen LogP) is 1.51. The standard InChI is InChI=1S/C16H16N2O5/c1-2-22-14-5-3-13(4-6-14)17-15(19)11-23-16(20)12-7-9-18(21)10-8-12/h3-10H,2,11H2,1H3,(H,17,19). The summed E-state index contributed by atoms with van der Waals surface area (Å²) in [5, 5.41) is 13.5. The Balaban J connectivity index is 1.82. The quantitative estimate of drug-likeness (QED) is 0.495. The van der Waals surface area contributed by atoms with Crippen LogP contribution in [0.4, 0.5) is 5.69 Å². The third-order valence-corrected chi connectivity index (χ3v) is 2.82. The van der Waals surface area contributed by atoms with Gasteiger partial charge in [0.05, 0.1) is 12.2 Å². The summed E-state index contributed by atoms with van der Waals surface area (Å²) in [6.45, 7) is 2.03. The lowest BCUT2D eigenvalue weighted by Gasteiger charge is -2.08. The highest BCUT2D eigenvalue weighted by Gasteiger charge is 2.11. The molecule has 2 aromatic rings. The number of aromatic nitrogens is 1. The summed E-state index contributed by atoms with van der Waals surface area (Å²) in [6.07, 6.45) is 2.35. The van der Waals surface area contributed by atoms with E-state index >= 15 is 0 Å². The van der Waals surface area contributed by atoms with E-state index in [1.807, 2.05) is 6.92 Å². The fraction of sp³-hybridized carbons (Fsp3) is 0.188. The van der Waals surface area contributed by atoms with Gasteiger partial charge in [-0.1, -0.05) is 0 Å². The lowest BCUT2D eigenvalue weighted by molar-refractivity contribution is -0.605. The first-order valence-corrected chi connectivity index (χ1v) is 6.97. The van der Waals surface area contributed by atoms with Crippen LogP contribution >= 0.6 is 0 Å². The monoisotopic (exact) mass is 316 g/mol. The van der Waals surface area contributed by atoms with E-state index in [9.17, 15) is 14.8 Å². The average Bonchev–Trinajstić information content (AvgIpc) is 2.55. The molecular weight excluding hydrogens is 300 g/mol. The first-order chi connectivity index (χ1) is 11.1. The third kappa shape index (κ3) is 4.99. The number of anilines is 1. The molecular formula is C16H16N2O5. The SMILES string of the molecule is CCOc1ccc(NC(=O)COC(=O)c2cc[n+]([O-])cc2)cc1. The Hall–Kier alpha value is -3.09. The van der Waals surface area contributed by atoms with Crippen LogP contribution in [0.15, 0.2) is 48.8 Å². The van der Waals surface area contributed by atoms with Gasteiger partial charge in [0.25, 0.3) is 5.91 Å². The molecule has 0 aliphatic carbocycles. The van der Waals surface area contributed by atoms with E-state index < -0.39 is 18.5 Å². The molecule has 7 nitrogen and oxygen atoms in total. The van der Waals surface area contributed by atoms with Crippen molar-refractivity contribution >= 4 is 17.6 Å². The summed E-state index contributed by atoms with van der Waals surface area (Å²) in [4.78, 5) is 23.4. The molecule has 0 aliphatic rings. The number of rotatable bonds is 6. The van der Waals surface area contributed by atoms with Crippen LogP contribution in [0.2, 0.25) is 0 Å². The van der Waals surface area contributed by atoms with Crippen LogP contribution in [-0.2, 0) is 9.53 Å². The van der Waals surface area contributed by atoms with Gasteiger partial charge in [-0.25, -0.2) is 4.79 Å². The average molecular weight is 316 g/mol. The zero-order valence-electron chi connectivity index (χ0n) is 12.5. The van der Waals surface area contributed by atoms with Gasteiger partial charge in [0.2, 0.25) is 0 Å². The Morgan fingerprint density at radius 1 is 1.13 bits per heavy atom. The molecule has 0 aliphatic heterocycles. The molecule has 1 aromatic heterocycles. The van der Waals surface area contributed by atoms with Gasteiger partial charge in [0.1, 0.15) is 5.75 Å². The highest BCUT2D eigenvalue weighted by Crippen LogP contribution is 2.15. The van der Waals surface area contributed by atoms with Gasteiger partial charge in [-0.2, -0.15) is 4.73 Å². The maximum absolute atomic E-state index is 11.7. The molecule has 1 N–H and O–H groups in total. The molecule has 0 fully saturated rings. The van der Waals surface area contributed by atoms with Crippen LogP contribution in [0.1, 0.15) is 17.3 Å². The van der Waals surface area contributed by atoms with E-state index in [1.165, 1.54) is 24.5 Å². The maximum atomic E-state index is 11.7. The van der Waals surface area contributed by atoms with Crippen molar-refractivity contribution in [2.45, 2.75) is 6.92 Å². The first-order valence-electron chi connectivity index (χ1n) is 6.97. The zero-order valence-corrected chi connectivity index (χ0v) is 12.5. The summed E-state index contributed by atoms with van der Waals surface area (Å²) in [7, 11) is 0. The van der Waals surface area contributed by atoms with E-state index in [0.717, 1.165) is 0 Å². The van der Waals surface area contributed by atoms with Crippen molar-refractivity contribution in [1.29, 1.82) is 0 Å². The second-order valence-electron chi connectivity index (χ2n) is 4.53. The van der Waals surface area contributed by atoms with Gasteiger partial charge in [-0.05, 0) is 31.2 Å².